The van der Waals surface area contributed by atoms with Crippen LogP contribution in [-0.4, -0.2) is 23.4 Å². The molecule has 0 aliphatic heterocycles. The highest BCUT2D eigenvalue weighted by atomic mass is 16.6. The van der Waals surface area contributed by atoms with Crippen LogP contribution in [0.2, 0.25) is 0 Å². The number of carbonyl (C=O) groups excluding carboxylic acids is 3. The number of nitrogens with one attached hydrogen (secondary N) is 1. The van der Waals surface area contributed by atoms with Gasteiger partial charge in [-0.15, -0.1) is 0 Å². The number of Topliss-reactive ketones (excluding diaryl/α,β-unsaturated/α-hetero) is 1. The maximum absolute atomic E-state index is 13.7. The molecule has 1 saturated carbocycles. The van der Waals surface area contributed by atoms with E-state index in [-0.39, 0.29) is 17.9 Å². The topological polar surface area (TPSA) is 98.5 Å². The van der Waals surface area contributed by atoms with Gasteiger partial charge in [0.05, 0.1) is 6.04 Å². The minimum absolute atomic E-state index is 0.217. The third kappa shape index (κ3) is 6.25. The average molecular weight is 465 g/mol. The third-order valence-electron chi connectivity index (χ3n) is 6.99. The molecular weight excluding hydrogens is 428 g/mol. The number of rotatable bonds is 12. The lowest BCUT2D eigenvalue weighted by Gasteiger charge is -2.47. The van der Waals surface area contributed by atoms with Crippen LogP contribution in [0.3, 0.4) is 0 Å². The van der Waals surface area contributed by atoms with Crippen molar-refractivity contribution in [1.29, 1.82) is 0 Å². The van der Waals surface area contributed by atoms with Crippen molar-refractivity contribution in [2.24, 2.45) is 11.1 Å². The molecule has 0 radical (unpaired) electrons. The summed E-state index contributed by atoms with van der Waals surface area (Å²) in [6, 6.07) is 19.2. The lowest BCUT2D eigenvalue weighted by atomic mass is 9.59. The molecule has 6 nitrogen and oxygen atoms in total. The lowest BCUT2D eigenvalue weighted by molar-refractivity contribution is -0.154. The summed E-state index contributed by atoms with van der Waals surface area (Å²) < 4.78 is 5.61. The van der Waals surface area contributed by atoms with E-state index in [1.165, 1.54) is 5.56 Å². The Morgan fingerprint density at radius 2 is 1.68 bits per heavy atom. The number of primary amides is 1. The molecule has 1 fully saturated rings. The largest absolute Gasteiger partial charge is 0.434 e. The summed E-state index contributed by atoms with van der Waals surface area (Å²) in [5.74, 6) is -1.47. The number of amides is 2. The Morgan fingerprint density at radius 1 is 1.06 bits per heavy atom. The third-order valence-corrected chi connectivity index (χ3v) is 6.99. The summed E-state index contributed by atoms with van der Waals surface area (Å²) >= 11 is 0. The van der Waals surface area contributed by atoms with Gasteiger partial charge in [0.1, 0.15) is 0 Å². The van der Waals surface area contributed by atoms with Crippen molar-refractivity contribution < 1.29 is 19.1 Å². The normalized spacial score (nSPS) is 17.0. The average Bonchev–Trinajstić information content (AvgIpc) is 2.81. The van der Waals surface area contributed by atoms with Gasteiger partial charge in [-0.1, -0.05) is 80.4 Å². The van der Waals surface area contributed by atoms with E-state index in [2.05, 4.69) is 17.4 Å². The molecule has 0 saturated heterocycles. The van der Waals surface area contributed by atoms with Crippen LogP contribution < -0.4 is 11.1 Å². The van der Waals surface area contributed by atoms with Crippen molar-refractivity contribution in [3.05, 3.63) is 71.8 Å². The van der Waals surface area contributed by atoms with Crippen LogP contribution >= 0.6 is 0 Å². The van der Waals surface area contributed by atoms with Crippen molar-refractivity contribution in [3.8, 4) is 0 Å². The quantitative estimate of drug-likeness (QED) is 0.419. The summed E-state index contributed by atoms with van der Waals surface area (Å²) in [5, 5.41) is 2.80. The zero-order chi connectivity index (χ0) is 24.6. The summed E-state index contributed by atoms with van der Waals surface area (Å²) in [4.78, 5) is 38.9. The van der Waals surface area contributed by atoms with Crippen LogP contribution in [0.4, 0.5) is 4.79 Å². The first-order valence-corrected chi connectivity index (χ1v) is 12.2. The second-order valence-electron chi connectivity index (χ2n) is 9.65. The molecule has 0 aromatic heterocycles. The lowest BCUT2D eigenvalue weighted by Crippen LogP contribution is -2.55. The first-order valence-electron chi connectivity index (χ1n) is 12.2. The van der Waals surface area contributed by atoms with E-state index in [0.29, 0.717) is 12.8 Å². The second kappa shape index (κ2) is 11.3. The molecule has 2 atom stereocenters. The van der Waals surface area contributed by atoms with E-state index >= 15 is 0 Å². The zero-order valence-corrected chi connectivity index (χ0v) is 20.2. The second-order valence-corrected chi connectivity index (χ2v) is 9.65. The van der Waals surface area contributed by atoms with Gasteiger partial charge < -0.3 is 15.8 Å². The number of benzene rings is 2. The molecule has 0 spiro atoms. The molecule has 1 aliphatic rings. The fourth-order valence-electron chi connectivity index (χ4n) is 5.09. The summed E-state index contributed by atoms with van der Waals surface area (Å²) in [6.07, 6.45) is 4.60. The van der Waals surface area contributed by atoms with Gasteiger partial charge in [-0.3, -0.25) is 9.59 Å². The number of carbonyl (C=O) groups is 3. The van der Waals surface area contributed by atoms with E-state index in [1.54, 1.807) is 0 Å². The fraction of sp³-hybridized carbons (Fsp3) is 0.464. The molecule has 3 rings (SSSR count). The number of nitrogens with two attached hydrogens (primary N) is 1. The highest BCUT2D eigenvalue weighted by Crippen LogP contribution is 2.51. The minimum Gasteiger partial charge on any atom is -0.434 e. The van der Waals surface area contributed by atoms with Crippen LogP contribution in [0.15, 0.2) is 60.7 Å². The Hall–Kier alpha value is -3.15. The van der Waals surface area contributed by atoms with Crippen molar-refractivity contribution in [2.75, 3.05) is 0 Å². The van der Waals surface area contributed by atoms with Crippen molar-refractivity contribution in [1.82, 2.24) is 5.32 Å². The zero-order valence-electron chi connectivity index (χ0n) is 20.2. The summed E-state index contributed by atoms with van der Waals surface area (Å²) in [6.45, 7) is 3.83. The SMILES string of the molecule is CCCC[C@@](CC1(Cc2ccccc2)CCC1)(OC(N)=O)C(=O)C(=O)N[C@H](C)c1ccccc1. The highest BCUT2D eigenvalue weighted by molar-refractivity contribution is 6.39. The summed E-state index contributed by atoms with van der Waals surface area (Å²) in [7, 11) is 0. The molecule has 0 unspecified atom stereocenters. The van der Waals surface area contributed by atoms with Gasteiger partial charge in [0.2, 0.25) is 0 Å². The molecule has 3 N–H and O–H groups in total. The Labute approximate surface area is 202 Å². The van der Waals surface area contributed by atoms with Gasteiger partial charge in [0.15, 0.2) is 5.60 Å². The highest BCUT2D eigenvalue weighted by Gasteiger charge is 2.52. The van der Waals surface area contributed by atoms with Gasteiger partial charge in [0, 0.05) is 6.42 Å². The van der Waals surface area contributed by atoms with Gasteiger partial charge >= 0.3 is 6.09 Å². The van der Waals surface area contributed by atoms with Crippen LogP contribution in [-0.2, 0) is 20.7 Å². The van der Waals surface area contributed by atoms with Crippen LogP contribution in [0, 0.1) is 5.41 Å². The van der Waals surface area contributed by atoms with E-state index in [4.69, 9.17) is 10.5 Å². The van der Waals surface area contributed by atoms with Crippen LogP contribution in [0.25, 0.3) is 0 Å². The number of ether oxygens (including phenoxy) is 1. The standard InChI is InChI=1S/C28H36N2O4/c1-3-4-18-28(34-26(29)33,20-27(16-11-17-27)19-22-12-7-5-8-13-22)24(31)25(32)30-21(2)23-14-9-6-10-15-23/h5-10,12-15,21H,3-4,11,16-20H2,1-2H3,(H2,29,33)(H,30,32)/t21-,28+/m1/s1. The predicted octanol–water partition coefficient (Wildman–Crippen LogP) is 5.26. The van der Waals surface area contributed by atoms with Gasteiger partial charge in [-0.2, -0.15) is 0 Å². The maximum Gasteiger partial charge on any atom is 0.405 e. The molecule has 2 amide bonds. The summed E-state index contributed by atoms with van der Waals surface area (Å²) in [5.41, 5.74) is 5.73. The van der Waals surface area contributed by atoms with Crippen molar-refractivity contribution in [2.45, 2.75) is 76.9 Å². The predicted molar refractivity (Wildman–Crippen MR) is 132 cm³/mol. The molecule has 0 heterocycles. The molecule has 2 aromatic carbocycles. The number of ketones is 1. The van der Waals surface area contributed by atoms with E-state index in [0.717, 1.165) is 37.7 Å². The Balaban J connectivity index is 1.88. The van der Waals surface area contributed by atoms with E-state index in [1.807, 2.05) is 62.4 Å². The smallest absolute Gasteiger partial charge is 0.405 e. The van der Waals surface area contributed by atoms with Crippen LogP contribution in [0.1, 0.15) is 76.0 Å². The van der Waals surface area contributed by atoms with E-state index < -0.39 is 23.4 Å². The number of hydrogen-bond donors (Lipinski definition) is 2. The molecule has 0 bridgehead atoms. The Morgan fingerprint density at radius 3 is 2.21 bits per heavy atom. The van der Waals surface area contributed by atoms with Gasteiger partial charge in [-0.25, -0.2) is 4.79 Å². The number of hydrogen-bond acceptors (Lipinski definition) is 4. The molecule has 6 heteroatoms. The number of unbranched alkanes of at least 4 members (excludes halogenated alkanes) is 1. The molecule has 1 aliphatic carbocycles. The Bertz CT molecular complexity index is 972. The Kier molecular flexibility index (Phi) is 8.48. The molecule has 182 valence electrons. The monoisotopic (exact) mass is 464 g/mol. The fourth-order valence-corrected chi connectivity index (χ4v) is 5.09. The first kappa shape index (κ1) is 25.5. The molecule has 2 aromatic rings. The molecular formula is C28H36N2O4. The van der Waals surface area contributed by atoms with E-state index in [9.17, 15) is 14.4 Å². The van der Waals surface area contributed by atoms with Crippen LogP contribution in [0.5, 0.6) is 0 Å². The maximum atomic E-state index is 13.7. The van der Waals surface area contributed by atoms with Crippen molar-refractivity contribution >= 4 is 17.8 Å². The minimum atomic E-state index is -1.57. The van der Waals surface area contributed by atoms with Gasteiger partial charge in [0.25, 0.3) is 11.7 Å². The van der Waals surface area contributed by atoms with Gasteiger partial charge in [-0.05, 0) is 55.6 Å². The first-order chi connectivity index (χ1) is 16.3. The molecule has 34 heavy (non-hydrogen) atoms. The van der Waals surface area contributed by atoms with Crippen molar-refractivity contribution in [3.63, 3.8) is 0 Å².